The fourth-order valence-corrected chi connectivity index (χ4v) is 12.3. The zero-order chi connectivity index (χ0) is 42.6. The average molecular weight is 841 g/mol. The molecule has 0 bridgehead atoms. The summed E-state index contributed by atoms with van der Waals surface area (Å²) in [7, 11) is 0.860. The summed E-state index contributed by atoms with van der Waals surface area (Å²) in [5.74, 6) is 0. The van der Waals surface area contributed by atoms with Gasteiger partial charge in [0.25, 0.3) is 0 Å². The third-order valence-corrected chi connectivity index (χ3v) is 15.8. The summed E-state index contributed by atoms with van der Waals surface area (Å²) in [4.78, 5) is 0. The quantitative estimate of drug-likeness (QED) is 0.180. The van der Waals surface area contributed by atoms with Crippen LogP contribution in [0.15, 0.2) is 126 Å². The first kappa shape index (κ1) is 37.9. The SMILES string of the molecule is CC(C)(C)c1ccc(Nc2cc3oc4cc(C(C)(C)C)ccc4c3cc2-c2ccc3c4cc5sc6ccccc6c5cc4n4c3c2Bc2sc3ccc(C(C)(C)C)cc3c2-4)cc1. The minimum atomic E-state index is 0.0166. The molecule has 1 N–H and O–H groups in total. The zero-order valence-corrected chi connectivity index (χ0v) is 38.6. The van der Waals surface area contributed by atoms with E-state index < -0.39 is 0 Å². The van der Waals surface area contributed by atoms with Gasteiger partial charge in [-0.15, -0.1) is 22.7 Å². The summed E-state index contributed by atoms with van der Waals surface area (Å²) in [5, 5.41) is 12.8. The van der Waals surface area contributed by atoms with Crippen molar-refractivity contribution in [1.82, 2.24) is 4.57 Å². The Labute approximate surface area is 371 Å². The highest BCUT2D eigenvalue weighted by Crippen LogP contribution is 2.46. The highest BCUT2D eigenvalue weighted by molar-refractivity contribution is 7.29. The van der Waals surface area contributed by atoms with E-state index in [4.69, 9.17) is 4.42 Å². The van der Waals surface area contributed by atoms with E-state index in [2.05, 4.69) is 194 Å². The van der Waals surface area contributed by atoms with E-state index in [-0.39, 0.29) is 16.2 Å². The normalized spacial score (nSPS) is 13.4. The maximum Gasteiger partial charge on any atom is 0.211 e. The molecule has 0 aliphatic carbocycles. The number of thiophene rings is 2. The molecule has 7 aromatic carbocycles. The van der Waals surface area contributed by atoms with Crippen molar-refractivity contribution in [3.05, 3.63) is 138 Å². The van der Waals surface area contributed by atoms with Crippen LogP contribution in [-0.4, -0.2) is 11.8 Å². The van der Waals surface area contributed by atoms with Gasteiger partial charge >= 0.3 is 0 Å². The lowest BCUT2D eigenvalue weighted by molar-refractivity contribution is 0.587. The molecule has 0 saturated carbocycles. The van der Waals surface area contributed by atoms with Gasteiger partial charge in [0.1, 0.15) is 11.2 Å². The molecule has 1 aliphatic rings. The summed E-state index contributed by atoms with van der Waals surface area (Å²) in [6, 6.07) is 46.2. The van der Waals surface area contributed by atoms with Gasteiger partial charge in [0, 0.05) is 74.6 Å². The van der Waals surface area contributed by atoms with Crippen molar-refractivity contribution in [1.29, 1.82) is 0 Å². The van der Waals surface area contributed by atoms with Crippen LogP contribution in [-0.2, 0) is 16.2 Å². The van der Waals surface area contributed by atoms with Crippen LogP contribution in [0.2, 0.25) is 0 Å². The van der Waals surface area contributed by atoms with E-state index in [1.165, 1.54) is 95.8 Å². The second-order valence-corrected chi connectivity index (χ2v) is 22.9. The third-order valence-electron chi connectivity index (χ3n) is 13.5. The van der Waals surface area contributed by atoms with E-state index in [1.807, 2.05) is 22.7 Å². The number of anilines is 2. The van der Waals surface area contributed by atoms with Gasteiger partial charge in [0.2, 0.25) is 7.28 Å². The Kier molecular flexibility index (Phi) is 7.87. The lowest BCUT2D eigenvalue weighted by atomic mass is 9.63. The minimum absolute atomic E-state index is 0.0166. The van der Waals surface area contributed by atoms with Gasteiger partial charge in [-0.2, -0.15) is 0 Å². The highest BCUT2D eigenvalue weighted by Gasteiger charge is 2.31. The molecule has 5 heterocycles. The molecule has 3 nitrogen and oxygen atoms in total. The van der Waals surface area contributed by atoms with Crippen LogP contribution in [0.1, 0.15) is 79.0 Å². The van der Waals surface area contributed by atoms with Crippen LogP contribution in [0.3, 0.4) is 0 Å². The molecule has 1 aliphatic heterocycles. The van der Waals surface area contributed by atoms with Crippen molar-refractivity contribution < 1.29 is 4.42 Å². The molecule has 0 saturated heterocycles. The molecule has 11 aromatic rings. The molecule has 6 heteroatoms. The molecule has 0 radical (unpaired) electrons. The summed E-state index contributed by atoms with van der Waals surface area (Å²) in [6.45, 7) is 20.6. The number of nitrogens with zero attached hydrogens (tertiary/aromatic N) is 1. The van der Waals surface area contributed by atoms with Crippen molar-refractivity contribution in [3.63, 3.8) is 0 Å². The largest absolute Gasteiger partial charge is 0.456 e. The highest BCUT2D eigenvalue weighted by atomic mass is 32.1. The minimum Gasteiger partial charge on any atom is -0.456 e. The molecule has 0 spiro atoms. The van der Waals surface area contributed by atoms with Crippen LogP contribution in [0.25, 0.3) is 90.8 Å². The fraction of sp³-hybridized carbons (Fsp3) is 0.214. The van der Waals surface area contributed by atoms with Gasteiger partial charge in [0.15, 0.2) is 0 Å². The molecular formula is C56H49BN2OS2. The maximum absolute atomic E-state index is 6.75. The Morgan fingerprint density at radius 3 is 1.95 bits per heavy atom. The lowest BCUT2D eigenvalue weighted by Crippen LogP contribution is -2.35. The molecule has 4 aromatic heterocycles. The molecule has 0 amide bonds. The number of fused-ring (bicyclic) bond motifs is 13. The summed E-state index contributed by atoms with van der Waals surface area (Å²) in [6.07, 6.45) is 0. The molecule has 62 heavy (non-hydrogen) atoms. The van der Waals surface area contributed by atoms with E-state index in [0.717, 1.165) is 40.6 Å². The number of rotatable bonds is 3. The molecule has 304 valence electrons. The first-order valence-electron chi connectivity index (χ1n) is 21.9. The number of hydrogen-bond acceptors (Lipinski definition) is 4. The van der Waals surface area contributed by atoms with Gasteiger partial charge in [-0.25, -0.2) is 0 Å². The number of furan rings is 1. The third kappa shape index (κ3) is 5.69. The Bertz CT molecular complexity index is 3690. The average Bonchev–Trinajstić information content (AvgIpc) is 3.97. The zero-order valence-electron chi connectivity index (χ0n) is 36.9. The molecule has 0 atom stereocenters. The van der Waals surface area contributed by atoms with Crippen LogP contribution in [0, 0.1) is 0 Å². The van der Waals surface area contributed by atoms with Crippen molar-refractivity contribution in [3.8, 4) is 16.8 Å². The molecular weight excluding hydrogens is 792 g/mol. The predicted octanol–water partition coefficient (Wildman–Crippen LogP) is 15.3. The number of hydrogen-bond donors (Lipinski definition) is 1. The van der Waals surface area contributed by atoms with E-state index in [0.29, 0.717) is 0 Å². The second kappa shape index (κ2) is 12.9. The van der Waals surface area contributed by atoms with Gasteiger partial charge < -0.3 is 14.3 Å². The van der Waals surface area contributed by atoms with Crippen LogP contribution in [0.5, 0.6) is 0 Å². The molecule has 0 unspecified atom stereocenters. The maximum atomic E-state index is 6.75. The summed E-state index contributed by atoms with van der Waals surface area (Å²) < 4.78 is 14.8. The van der Waals surface area contributed by atoms with E-state index in [9.17, 15) is 0 Å². The number of benzene rings is 7. The fourth-order valence-electron chi connectivity index (χ4n) is 10.0. The standard InChI is InChI=1S/C56H49BN2OS2/c1-54(2,3)30-14-18-33(19-15-30)58-43-29-46-40(34-20-16-32(56(7,8)9)25-45(34)60-46)26-38(43)36-21-22-37-39-28-49-41(35-12-10-11-13-47(35)61-49)27-44(39)59-51(37)50(36)57-53-52(59)42-24-31(55(4,5)6)17-23-48(42)62-53/h10-29,57-58H,1-9H3. The van der Waals surface area contributed by atoms with Crippen molar-refractivity contribution in [2.45, 2.75) is 78.6 Å². The second-order valence-electron chi connectivity index (χ2n) is 20.7. The van der Waals surface area contributed by atoms with Gasteiger partial charge in [-0.05, 0) is 103 Å². The van der Waals surface area contributed by atoms with Crippen molar-refractivity contribution in [2.75, 3.05) is 5.32 Å². The Balaban J connectivity index is 1.16. The predicted molar refractivity (Wildman–Crippen MR) is 274 cm³/mol. The Morgan fingerprint density at radius 1 is 0.500 bits per heavy atom. The molecule has 0 fully saturated rings. The first-order valence-corrected chi connectivity index (χ1v) is 23.6. The monoisotopic (exact) mass is 840 g/mol. The summed E-state index contributed by atoms with van der Waals surface area (Å²) in [5.41, 5.74) is 15.7. The summed E-state index contributed by atoms with van der Waals surface area (Å²) >= 11 is 3.86. The van der Waals surface area contributed by atoms with E-state index >= 15 is 0 Å². The number of nitrogens with one attached hydrogen (secondary N) is 1. The van der Waals surface area contributed by atoms with Crippen molar-refractivity contribution in [2.24, 2.45) is 0 Å². The van der Waals surface area contributed by atoms with Crippen LogP contribution in [0.4, 0.5) is 11.4 Å². The number of aromatic nitrogens is 1. The molecule has 12 rings (SSSR count). The Hall–Kier alpha value is -5.82. The van der Waals surface area contributed by atoms with Gasteiger partial charge in [-0.3, -0.25) is 0 Å². The van der Waals surface area contributed by atoms with Crippen molar-refractivity contribution >= 4 is 126 Å². The lowest BCUT2D eigenvalue weighted by Gasteiger charge is -2.23. The van der Waals surface area contributed by atoms with Gasteiger partial charge in [0.05, 0.1) is 16.9 Å². The topological polar surface area (TPSA) is 30.1 Å². The first-order chi connectivity index (χ1) is 29.6. The van der Waals surface area contributed by atoms with E-state index in [1.54, 1.807) is 0 Å². The van der Waals surface area contributed by atoms with Crippen LogP contribution < -0.4 is 15.6 Å². The van der Waals surface area contributed by atoms with Gasteiger partial charge in [-0.1, -0.05) is 123 Å². The smallest absolute Gasteiger partial charge is 0.211 e. The Morgan fingerprint density at radius 2 is 1.18 bits per heavy atom. The van der Waals surface area contributed by atoms with Crippen LogP contribution >= 0.6 is 22.7 Å².